The molecule has 0 aromatic rings. The molecule has 8 bridgehead atoms. The molecule has 8 rings (SSSR count). The summed E-state index contributed by atoms with van der Waals surface area (Å²) < 4.78 is 0. The van der Waals surface area contributed by atoms with Gasteiger partial charge in [-0.25, -0.2) is 0 Å². The molecule has 0 aliphatic heterocycles. The second kappa shape index (κ2) is 3.85. The lowest BCUT2D eigenvalue weighted by atomic mass is 9.42. The molecule has 0 heterocycles. The molecule has 8 aliphatic rings. The van der Waals surface area contributed by atoms with Crippen LogP contribution in [0.5, 0.6) is 0 Å². The van der Waals surface area contributed by atoms with E-state index in [1.807, 2.05) is 0 Å². The van der Waals surface area contributed by atoms with Crippen molar-refractivity contribution in [2.24, 2.45) is 53.3 Å². The maximum Gasteiger partial charge on any atom is -0.0199 e. The van der Waals surface area contributed by atoms with E-state index in [0.717, 1.165) is 35.5 Å². The highest BCUT2D eigenvalue weighted by molar-refractivity contribution is 5.17. The molecule has 0 nitrogen and oxygen atoms in total. The zero-order chi connectivity index (χ0) is 12.8. The van der Waals surface area contributed by atoms with E-state index in [-0.39, 0.29) is 0 Å². The van der Waals surface area contributed by atoms with Crippen molar-refractivity contribution in [1.82, 2.24) is 0 Å². The van der Waals surface area contributed by atoms with Crippen LogP contribution in [0.4, 0.5) is 0 Å². The highest BCUT2D eigenvalue weighted by Crippen LogP contribution is 2.66. The van der Waals surface area contributed by atoms with Crippen molar-refractivity contribution in [2.75, 3.05) is 0 Å². The van der Waals surface area contributed by atoms with E-state index in [0.29, 0.717) is 0 Å². The van der Waals surface area contributed by atoms with Gasteiger partial charge in [0.05, 0.1) is 0 Å². The van der Waals surface area contributed by atoms with Crippen LogP contribution in [0.2, 0.25) is 0 Å². The molecule has 109 valence electrons. The predicted octanol–water partition coefficient (Wildman–Crippen LogP) is 5.09. The Morgan fingerprint density at radius 3 is 1.55 bits per heavy atom. The molecule has 3 unspecified atom stereocenters. The van der Waals surface area contributed by atoms with Gasteiger partial charge in [0.2, 0.25) is 0 Å². The fraction of sp³-hybridized carbons (Fsp3) is 0.950. The van der Waals surface area contributed by atoms with Gasteiger partial charge in [-0.1, -0.05) is 0 Å². The first-order valence-electron chi connectivity index (χ1n) is 9.68. The van der Waals surface area contributed by atoms with Gasteiger partial charge >= 0.3 is 0 Å². The van der Waals surface area contributed by atoms with Crippen LogP contribution < -0.4 is 0 Å². The highest BCUT2D eigenvalue weighted by atomic mass is 14.6. The van der Waals surface area contributed by atoms with Gasteiger partial charge in [-0.3, -0.25) is 0 Å². The van der Waals surface area contributed by atoms with Crippen LogP contribution in [-0.2, 0) is 0 Å². The van der Waals surface area contributed by atoms with Gasteiger partial charge in [-0.15, -0.1) is 0 Å². The summed E-state index contributed by atoms with van der Waals surface area (Å²) in [6.45, 7) is 0. The van der Waals surface area contributed by atoms with Crippen molar-refractivity contribution < 1.29 is 0 Å². The lowest BCUT2D eigenvalue weighted by molar-refractivity contribution is -0.0992. The van der Waals surface area contributed by atoms with Gasteiger partial charge in [0.15, 0.2) is 0 Å². The molecular formula is C20H29. The van der Waals surface area contributed by atoms with Crippen LogP contribution in [0.3, 0.4) is 0 Å². The standard InChI is InChI=1S/C20H29/c1-11-3-15-5-12(1)6-16(4-11)19(15)20-17-7-13-2-14(9-17)10-18(20)8-13/h11-17,19-20H,1-10H2. The van der Waals surface area contributed by atoms with Crippen LogP contribution in [0.15, 0.2) is 0 Å². The van der Waals surface area contributed by atoms with Crippen molar-refractivity contribution in [1.29, 1.82) is 0 Å². The molecule has 8 aliphatic carbocycles. The lowest BCUT2D eigenvalue weighted by Crippen LogP contribution is -2.54. The molecule has 0 amide bonds. The van der Waals surface area contributed by atoms with Crippen molar-refractivity contribution >= 4 is 0 Å². The van der Waals surface area contributed by atoms with Gasteiger partial charge in [0.1, 0.15) is 0 Å². The van der Waals surface area contributed by atoms with Crippen LogP contribution in [0, 0.1) is 59.2 Å². The Hall–Kier alpha value is 0. The van der Waals surface area contributed by atoms with Crippen LogP contribution in [0.1, 0.15) is 64.2 Å². The Morgan fingerprint density at radius 1 is 0.500 bits per heavy atom. The number of rotatable bonds is 1. The van der Waals surface area contributed by atoms with E-state index >= 15 is 0 Å². The first-order valence-corrected chi connectivity index (χ1v) is 9.68. The smallest absolute Gasteiger partial charge is 0.0199 e. The Balaban J connectivity index is 1.34. The SMILES string of the molecule is C1[C]2CC3CC1CC(C3)C2C1C2CC3CC(C2)CC1C3. The minimum absolute atomic E-state index is 1.12. The van der Waals surface area contributed by atoms with Crippen molar-refractivity contribution in [3.05, 3.63) is 5.92 Å². The zero-order valence-electron chi connectivity index (χ0n) is 12.8. The minimum Gasteiger partial charge on any atom is -0.0475 e. The quantitative estimate of drug-likeness (QED) is 0.622. The minimum atomic E-state index is 1.12. The van der Waals surface area contributed by atoms with Gasteiger partial charge in [-0.2, -0.15) is 0 Å². The molecule has 1 radical (unpaired) electrons. The average molecular weight is 269 g/mol. The molecule has 0 aromatic heterocycles. The predicted molar refractivity (Wildman–Crippen MR) is 80.8 cm³/mol. The van der Waals surface area contributed by atoms with E-state index in [1.54, 1.807) is 64.2 Å². The summed E-state index contributed by atoms with van der Waals surface area (Å²) in [7, 11) is 0. The molecule has 8 fully saturated rings. The Labute approximate surface area is 124 Å². The molecule has 8 saturated carbocycles. The fourth-order valence-electron chi connectivity index (χ4n) is 8.81. The van der Waals surface area contributed by atoms with Gasteiger partial charge in [0.25, 0.3) is 0 Å². The second-order valence-electron chi connectivity index (χ2n) is 9.80. The highest BCUT2D eigenvalue weighted by Gasteiger charge is 2.57. The molecule has 0 heteroatoms. The maximum absolute atomic E-state index is 2.10. The number of fused-ring (bicyclic) bond motifs is 1. The van der Waals surface area contributed by atoms with Crippen LogP contribution >= 0.6 is 0 Å². The third kappa shape index (κ3) is 1.45. The van der Waals surface area contributed by atoms with Crippen molar-refractivity contribution in [2.45, 2.75) is 64.2 Å². The van der Waals surface area contributed by atoms with E-state index < -0.39 is 0 Å². The van der Waals surface area contributed by atoms with Gasteiger partial charge < -0.3 is 0 Å². The van der Waals surface area contributed by atoms with E-state index in [4.69, 9.17) is 0 Å². The third-order valence-electron chi connectivity index (χ3n) is 8.73. The maximum atomic E-state index is 2.10. The Kier molecular flexibility index (Phi) is 2.22. The molecular weight excluding hydrogens is 240 g/mol. The molecule has 0 N–H and O–H groups in total. The second-order valence-corrected chi connectivity index (χ2v) is 9.80. The molecule has 0 spiro atoms. The molecule has 0 aromatic carbocycles. The summed E-state index contributed by atoms with van der Waals surface area (Å²) in [5.41, 5.74) is 0. The van der Waals surface area contributed by atoms with Crippen molar-refractivity contribution in [3.8, 4) is 0 Å². The topological polar surface area (TPSA) is 0 Å². The molecule has 3 atom stereocenters. The Morgan fingerprint density at radius 2 is 1.00 bits per heavy atom. The van der Waals surface area contributed by atoms with Crippen molar-refractivity contribution in [3.63, 3.8) is 0 Å². The first-order chi connectivity index (χ1) is 9.83. The van der Waals surface area contributed by atoms with Gasteiger partial charge in [0, 0.05) is 0 Å². The summed E-state index contributed by atoms with van der Waals surface area (Å²) in [5, 5.41) is 0. The summed E-state index contributed by atoms with van der Waals surface area (Å²) in [5.74, 6) is 12.5. The lowest BCUT2D eigenvalue weighted by Gasteiger charge is -2.63. The molecule has 20 heavy (non-hydrogen) atoms. The van der Waals surface area contributed by atoms with E-state index in [1.165, 1.54) is 17.8 Å². The normalized spacial score (nSPS) is 63.3. The number of hydrogen-bond acceptors (Lipinski definition) is 0. The largest absolute Gasteiger partial charge is 0.0475 e. The average Bonchev–Trinajstić information content (AvgIpc) is 2.39. The first kappa shape index (κ1) is 11.6. The van der Waals surface area contributed by atoms with E-state index in [2.05, 4.69) is 5.92 Å². The summed E-state index contributed by atoms with van der Waals surface area (Å²) in [6.07, 6.45) is 16.2. The summed E-state index contributed by atoms with van der Waals surface area (Å²) in [6, 6.07) is 0. The van der Waals surface area contributed by atoms with Gasteiger partial charge in [-0.05, 0) is 123 Å². The molecule has 0 saturated heterocycles. The number of hydrogen-bond donors (Lipinski definition) is 0. The summed E-state index contributed by atoms with van der Waals surface area (Å²) >= 11 is 0. The fourth-order valence-corrected chi connectivity index (χ4v) is 8.81. The van der Waals surface area contributed by atoms with Crippen LogP contribution in [-0.4, -0.2) is 0 Å². The monoisotopic (exact) mass is 269 g/mol. The van der Waals surface area contributed by atoms with E-state index in [9.17, 15) is 0 Å². The zero-order valence-corrected chi connectivity index (χ0v) is 12.8. The van der Waals surface area contributed by atoms with Crippen LogP contribution in [0.25, 0.3) is 0 Å². The Bertz CT molecular complexity index is 326. The summed E-state index contributed by atoms with van der Waals surface area (Å²) in [4.78, 5) is 0. The third-order valence-corrected chi connectivity index (χ3v) is 8.73.